The highest BCUT2D eigenvalue weighted by Gasteiger charge is 2.24. The van der Waals surface area contributed by atoms with Gasteiger partial charge in [0.2, 0.25) is 10.0 Å². The third kappa shape index (κ3) is 3.80. The van der Waals surface area contributed by atoms with Crippen LogP contribution in [0.2, 0.25) is 0 Å². The van der Waals surface area contributed by atoms with Gasteiger partial charge in [0, 0.05) is 36.7 Å². The molecule has 0 saturated heterocycles. The Morgan fingerprint density at radius 2 is 1.75 bits per heavy atom. The molecule has 2 aromatic rings. The van der Waals surface area contributed by atoms with Crippen molar-refractivity contribution in [1.82, 2.24) is 9.29 Å². The smallest absolute Gasteiger partial charge is 0.255 e. The summed E-state index contributed by atoms with van der Waals surface area (Å²) in [5.41, 5.74) is 1.54. The van der Waals surface area contributed by atoms with Crippen LogP contribution in [-0.4, -0.2) is 36.7 Å². The molecule has 0 bridgehead atoms. The number of carbonyl (C=O) groups excluding carboxylic acids is 1. The number of hydrogen-bond donors (Lipinski definition) is 1. The Kier molecular flexibility index (Phi) is 5.69. The minimum Gasteiger partial charge on any atom is -0.322 e. The summed E-state index contributed by atoms with van der Waals surface area (Å²) in [5, 5.41) is 2.72. The molecule has 1 heterocycles. The highest BCUT2D eigenvalue weighted by Crippen LogP contribution is 2.24. The van der Waals surface area contributed by atoms with E-state index in [-0.39, 0.29) is 10.8 Å². The molecule has 1 N–H and O–H groups in total. The Bertz CT molecular complexity index is 816. The summed E-state index contributed by atoms with van der Waals surface area (Å²) in [7, 11) is -3.58. The Balaban J connectivity index is 2.34. The number of pyridine rings is 1. The summed E-state index contributed by atoms with van der Waals surface area (Å²) in [5.74, 6) is -0.313. The molecular weight excluding hydrogens is 326 g/mol. The molecule has 6 nitrogen and oxygen atoms in total. The van der Waals surface area contributed by atoms with Gasteiger partial charge in [0.15, 0.2) is 0 Å². The molecule has 24 heavy (non-hydrogen) atoms. The van der Waals surface area contributed by atoms with Crippen LogP contribution in [0.3, 0.4) is 0 Å². The molecule has 2 rings (SSSR count). The highest BCUT2D eigenvalue weighted by atomic mass is 32.2. The van der Waals surface area contributed by atoms with Crippen LogP contribution in [0.15, 0.2) is 47.6 Å². The first-order valence-electron chi connectivity index (χ1n) is 7.72. The number of nitrogens with one attached hydrogen (secondary N) is 1. The highest BCUT2D eigenvalue weighted by molar-refractivity contribution is 7.89. The Labute approximate surface area is 142 Å². The normalized spacial score (nSPS) is 11.5. The van der Waals surface area contributed by atoms with Crippen molar-refractivity contribution in [3.8, 4) is 0 Å². The van der Waals surface area contributed by atoms with E-state index in [9.17, 15) is 13.2 Å². The van der Waals surface area contributed by atoms with Gasteiger partial charge in [-0.2, -0.15) is 4.31 Å². The number of hydrogen-bond acceptors (Lipinski definition) is 4. The lowest BCUT2D eigenvalue weighted by Crippen LogP contribution is -2.31. The quantitative estimate of drug-likeness (QED) is 0.871. The first-order chi connectivity index (χ1) is 11.4. The molecule has 0 aliphatic carbocycles. The third-order valence-electron chi connectivity index (χ3n) is 3.71. The van der Waals surface area contributed by atoms with Crippen molar-refractivity contribution < 1.29 is 13.2 Å². The lowest BCUT2D eigenvalue weighted by molar-refractivity contribution is 0.102. The molecule has 0 atom stereocenters. The average molecular weight is 347 g/mol. The summed E-state index contributed by atoms with van der Waals surface area (Å²) in [6.07, 6.45) is 3.06. The number of carbonyl (C=O) groups is 1. The Morgan fingerprint density at radius 1 is 1.12 bits per heavy atom. The maximum Gasteiger partial charge on any atom is 0.255 e. The molecule has 0 saturated carbocycles. The zero-order chi connectivity index (χ0) is 17.7. The van der Waals surface area contributed by atoms with Crippen molar-refractivity contribution in [2.45, 2.75) is 25.7 Å². The van der Waals surface area contributed by atoms with Crippen LogP contribution in [0.25, 0.3) is 0 Å². The van der Waals surface area contributed by atoms with E-state index in [4.69, 9.17) is 0 Å². The molecule has 1 aromatic carbocycles. The summed E-state index contributed by atoms with van der Waals surface area (Å²) in [6, 6.07) is 8.07. The van der Waals surface area contributed by atoms with Gasteiger partial charge in [-0.15, -0.1) is 0 Å². The molecule has 0 spiro atoms. The number of benzene rings is 1. The van der Waals surface area contributed by atoms with Gasteiger partial charge >= 0.3 is 0 Å². The van der Waals surface area contributed by atoms with E-state index >= 15 is 0 Å². The molecule has 0 aliphatic heterocycles. The molecule has 7 heteroatoms. The van der Waals surface area contributed by atoms with E-state index in [1.165, 1.54) is 22.8 Å². The fraction of sp³-hybridized carbons (Fsp3) is 0.294. The number of rotatable bonds is 6. The molecule has 1 aromatic heterocycles. The maximum absolute atomic E-state index is 12.7. The minimum absolute atomic E-state index is 0.207. The first kappa shape index (κ1) is 18.1. The molecule has 0 aliphatic rings. The number of amides is 1. The van der Waals surface area contributed by atoms with Crippen molar-refractivity contribution >= 4 is 21.6 Å². The fourth-order valence-corrected chi connectivity index (χ4v) is 4.07. The van der Waals surface area contributed by atoms with Crippen LogP contribution in [0, 0.1) is 6.92 Å². The van der Waals surface area contributed by atoms with Crippen LogP contribution in [0.5, 0.6) is 0 Å². The second-order valence-corrected chi connectivity index (χ2v) is 7.17. The van der Waals surface area contributed by atoms with Crippen molar-refractivity contribution in [3.63, 3.8) is 0 Å². The summed E-state index contributed by atoms with van der Waals surface area (Å²) < 4.78 is 26.8. The Morgan fingerprint density at radius 3 is 2.33 bits per heavy atom. The Hall–Kier alpha value is -2.25. The predicted octanol–water partition coefficient (Wildman–Crippen LogP) is 2.67. The maximum atomic E-state index is 12.7. The molecule has 0 fully saturated rings. The van der Waals surface area contributed by atoms with Crippen LogP contribution in [0.4, 0.5) is 5.69 Å². The van der Waals surface area contributed by atoms with Gasteiger partial charge in [0.25, 0.3) is 5.91 Å². The van der Waals surface area contributed by atoms with Crippen molar-refractivity contribution in [1.29, 1.82) is 0 Å². The number of nitrogens with zero attached hydrogens (tertiary/aromatic N) is 2. The topological polar surface area (TPSA) is 79.4 Å². The zero-order valence-electron chi connectivity index (χ0n) is 14.0. The van der Waals surface area contributed by atoms with E-state index in [1.807, 2.05) is 0 Å². The van der Waals surface area contributed by atoms with E-state index < -0.39 is 10.0 Å². The van der Waals surface area contributed by atoms with E-state index in [0.29, 0.717) is 29.9 Å². The molecule has 0 radical (unpaired) electrons. The van der Waals surface area contributed by atoms with Crippen LogP contribution in [-0.2, 0) is 10.0 Å². The van der Waals surface area contributed by atoms with Gasteiger partial charge < -0.3 is 5.32 Å². The summed E-state index contributed by atoms with van der Waals surface area (Å²) in [4.78, 5) is 16.3. The zero-order valence-corrected chi connectivity index (χ0v) is 14.8. The van der Waals surface area contributed by atoms with Crippen LogP contribution >= 0.6 is 0 Å². The number of anilines is 1. The summed E-state index contributed by atoms with van der Waals surface area (Å²) in [6.45, 7) is 6.12. The van der Waals surface area contributed by atoms with Gasteiger partial charge in [0.1, 0.15) is 0 Å². The van der Waals surface area contributed by atoms with Crippen LogP contribution < -0.4 is 5.32 Å². The molecule has 0 unspecified atom stereocenters. The van der Waals surface area contributed by atoms with E-state index in [0.717, 1.165) is 0 Å². The lowest BCUT2D eigenvalue weighted by Gasteiger charge is -2.20. The third-order valence-corrected chi connectivity index (χ3v) is 5.90. The van der Waals surface area contributed by atoms with Gasteiger partial charge in [-0.05, 0) is 36.8 Å². The number of aryl methyl sites for hydroxylation is 1. The number of aromatic nitrogens is 1. The van der Waals surface area contributed by atoms with Gasteiger partial charge in [-0.3, -0.25) is 9.78 Å². The fourth-order valence-electron chi connectivity index (χ4n) is 2.36. The molecule has 128 valence electrons. The number of sulfonamides is 1. The minimum atomic E-state index is -3.58. The van der Waals surface area contributed by atoms with Gasteiger partial charge in [-0.1, -0.05) is 19.9 Å². The average Bonchev–Trinajstić information content (AvgIpc) is 2.58. The van der Waals surface area contributed by atoms with E-state index in [1.54, 1.807) is 45.0 Å². The second-order valence-electron chi connectivity index (χ2n) is 5.26. The van der Waals surface area contributed by atoms with Crippen molar-refractivity contribution in [2.75, 3.05) is 18.4 Å². The largest absolute Gasteiger partial charge is 0.322 e. The first-order valence-corrected chi connectivity index (χ1v) is 9.16. The standard InChI is InChI=1S/C17H21N3O3S/c1-4-20(5-2)24(22,23)16-12-15(7-6-13(16)3)19-17(21)14-8-10-18-11-9-14/h6-12H,4-5H2,1-3H3,(H,19,21). The van der Waals surface area contributed by atoms with Crippen LogP contribution in [0.1, 0.15) is 29.8 Å². The van der Waals surface area contributed by atoms with Gasteiger partial charge in [0.05, 0.1) is 4.90 Å². The molecular formula is C17H21N3O3S. The lowest BCUT2D eigenvalue weighted by atomic mass is 10.2. The molecule has 1 amide bonds. The summed E-state index contributed by atoms with van der Waals surface area (Å²) >= 11 is 0. The SMILES string of the molecule is CCN(CC)S(=O)(=O)c1cc(NC(=O)c2ccncc2)ccc1C. The second kappa shape index (κ2) is 7.55. The van der Waals surface area contributed by atoms with Crippen molar-refractivity contribution in [3.05, 3.63) is 53.9 Å². The van der Waals surface area contributed by atoms with Crippen molar-refractivity contribution in [2.24, 2.45) is 0 Å². The van der Waals surface area contributed by atoms with E-state index in [2.05, 4.69) is 10.3 Å². The monoisotopic (exact) mass is 347 g/mol. The predicted molar refractivity (Wildman–Crippen MR) is 93.5 cm³/mol. The van der Waals surface area contributed by atoms with Gasteiger partial charge in [-0.25, -0.2) is 8.42 Å².